The Morgan fingerprint density at radius 3 is 1.31 bits per heavy atom. The molecule has 0 spiro atoms. The van der Waals surface area contributed by atoms with Crippen LogP contribution in [-0.2, 0) is 28.2 Å². The summed E-state index contributed by atoms with van der Waals surface area (Å²) in [5.74, 6) is -0.891. The number of ether oxygens (including phenoxy) is 2. The van der Waals surface area contributed by atoms with E-state index in [1.54, 1.807) is 0 Å². The molecule has 51 heavy (non-hydrogen) atoms. The fourth-order valence-electron chi connectivity index (χ4n) is 6.05. The molecule has 0 saturated carbocycles. The van der Waals surface area contributed by atoms with Crippen LogP contribution in [0.5, 0.6) is 0 Å². The van der Waals surface area contributed by atoms with E-state index in [0.29, 0.717) is 6.42 Å². The Bertz CT molecular complexity index is 884. The molecule has 0 rings (SSSR count). The molecule has 9 heteroatoms. The molecule has 0 saturated heterocycles. The molecule has 8 nitrogen and oxygen atoms in total. The van der Waals surface area contributed by atoms with Crippen LogP contribution in [0.2, 0.25) is 0 Å². The summed E-state index contributed by atoms with van der Waals surface area (Å²) in [4.78, 5) is 42.8. The quantitative estimate of drug-likeness (QED) is 0.0276. The number of unbranched alkanes of at least 4 members (excludes halogenated alkanes) is 25. The predicted molar refractivity (Wildman–Crippen MR) is 212 cm³/mol. The maximum atomic E-state index is 12.4. The van der Waals surface area contributed by atoms with E-state index in [9.17, 15) is 14.2 Å². The van der Waals surface area contributed by atoms with Crippen molar-refractivity contribution in [2.75, 3.05) is 13.2 Å². The van der Waals surface area contributed by atoms with Crippen molar-refractivity contribution in [3.05, 3.63) is 24.3 Å². The number of carbonyl (C=O) groups is 2. The van der Waals surface area contributed by atoms with Gasteiger partial charge in [-0.05, 0) is 44.9 Å². The maximum Gasteiger partial charge on any atom is 0.469 e. The zero-order valence-corrected chi connectivity index (χ0v) is 33.9. The summed E-state index contributed by atoms with van der Waals surface area (Å²) in [5, 5.41) is 0. The van der Waals surface area contributed by atoms with E-state index in [0.717, 1.165) is 57.8 Å². The zero-order valence-electron chi connectivity index (χ0n) is 33.0. The van der Waals surface area contributed by atoms with E-state index in [1.807, 2.05) is 0 Å². The number of hydrogen-bond donors (Lipinski definition) is 2. The lowest BCUT2D eigenvalue weighted by atomic mass is 10.0. The van der Waals surface area contributed by atoms with Crippen LogP contribution >= 0.6 is 7.82 Å². The van der Waals surface area contributed by atoms with Crippen LogP contribution in [-0.4, -0.2) is 41.0 Å². The fraction of sp³-hybridized carbons (Fsp3) is 0.857. The summed E-state index contributed by atoms with van der Waals surface area (Å²) >= 11 is 0. The molecule has 0 heterocycles. The number of rotatable bonds is 39. The third-order valence-electron chi connectivity index (χ3n) is 9.22. The molecule has 0 aromatic carbocycles. The average Bonchev–Trinajstić information content (AvgIpc) is 3.10. The normalized spacial score (nSPS) is 12.6. The van der Waals surface area contributed by atoms with Gasteiger partial charge in [0.05, 0.1) is 6.61 Å². The second kappa shape index (κ2) is 38.3. The summed E-state index contributed by atoms with van der Waals surface area (Å²) in [6.45, 7) is 3.67. The standard InChI is InChI=1S/C42H79O8P/c1-3-5-7-9-11-13-15-17-19-21-23-24-26-28-30-32-34-36-41(43)48-38-40(39-49-51(45,46)47)50-42(44)37-35-33-31-29-27-25-22-20-18-16-14-12-10-8-6-4-2/h14,16,20,22,40H,3-13,15,17-19,21,23-39H2,1-2H3,(H2,45,46,47)/b16-14-,22-20-. The lowest BCUT2D eigenvalue weighted by molar-refractivity contribution is -0.161. The van der Waals surface area contributed by atoms with Crippen molar-refractivity contribution in [2.45, 2.75) is 219 Å². The third-order valence-corrected chi connectivity index (χ3v) is 9.71. The molecular formula is C42H79O8P. The Kier molecular flexibility index (Phi) is 37.2. The van der Waals surface area contributed by atoms with Gasteiger partial charge in [-0.1, -0.05) is 179 Å². The van der Waals surface area contributed by atoms with E-state index >= 15 is 0 Å². The van der Waals surface area contributed by atoms with Gasteiger partial charge in [-0.3, -0.25) is 14.1 Å². The molecule has 0 bridgehead atoms. The Hall–Kier alpha value is -1.47. The van der Waals surface area contributed by atoms with Gasteiger partial charge in [-0.15, -0.1) is 0 Å². The van der Waals surface area contributed by atoms with Crippen LogP contribution in [0.4, 0.5) is 0 Å². The van der Waals surface area contributed by atoms with Crippen LogP contribution in [0.15, 0.2) is 24.3 Å². The minimum atomic E-state index is -4.75. The Labute approximate surface area is 313 Å². The molecule has 0 aliphatic rings. The average molecular weight is 743 g/mol. The summed E-state index contributed by atoms with van der Waals surface area (Å²) < 4.78 is 26.4. The van der Waals surface area contributed by atoms with E-state index in [-0.39, 0.29) is 19.4 Å². The first-order chi connectivity index (χ1) is 24.8. The van der Waals surface area contributed by atoms with Crippen molar-refractivity contribution >= 4 is 19.8 Å². The van der Waals surface area contributed by atoms with Gasteiger partial charge in [0.2, 0.25) is 0 Å². The first-order valence-corrected chi connectivity index (χ1v) is 22.7. The number of esters is 2. The summed E-state index contributed by atoms with van der Waals surface area (Å²) in [7, 11) is -4.75. The van der Waals surface area contributed by atoms with Crippen molar-refractivity contribution < 1.29 is 37.9 Å². The van der Waals surface area contributed by atoms with Gasteiger partial charge in [0.15, 0.2) is 6.10 Å². The van der Waals surface area contributed by atoms with Crippen molar-refractivity contribution in [1.29, 1.82) is 0 Å². The number of hydrogen-bond acceptors (Lipinski definition) is 6. The molecule has 0 aromatic rings. The van der Waals surface area contributed by atoms with Crippen molar-refractivity contribution in [2.24, 2.45) is 0 Å². The van der Waals surface area contributed by atoms with Gasteiger partial charge in [0.1, 0.15) is 6.61 Å². The Morgan fingerprint density at radius 2 is 0.882 bits per heavy atom. The molecule has 0 fully saturated rings. The molecular weight excluding hydrogens is 663 g/mol. The smallest absolute Gasteiger partial charge is 0.462 e. The van der Waals surface area contributed by atoms with Gasteiger partial charge >= 0.3 is 19.8 Å². The van der Waals surface area contributed by atoms with Crippen LogP contribution in [0.25, 0.3) is 0 Å². The second-order valence-corrected chi connectivity index (χ2v) is 15.6. The Morgan fingerprint density at radius 1 is 0.510 bits per heavy atom. The first-order valence-electron chi connectivity index (χ1n) is 21.1. The molecule has 0 radical (unpaired) electrons. The lowest BCUT2D eigenvalue weighted by Crippen LogP contribution is -2.29. The number of allylic oxidation sites excluding steroid dienone is 4. The monoisotopic (exact) mass is 743 g/mol. The van der Waals surface area contributed by atoms with Gasteiger partial charge in [-0.25, -0.2) is 4.57 Å². The van der Waals surface area contributed by atoms with Crippen LogP contribution < -0.4 is 0 Å². The number of phosphoric ester groups is 1. The largest absolute Gasteiger partial charge is 0.469 e. The third kappa shape index (κ3) is 41.2. The van der Waals surface area contributed by atoms with E-state index in [1.165, 1.54) is 122 Å². The number of phosphoric acid groups is 1. The predicted octanol–water partition coefficient (Wildman–Crippen LogP) is 12.8. The van der Waals surface area contributed by atoms with E-state index in [2.05, 4.69) is 42.7 Å². The zero-order chi connectivity index (χ0) is 37.5. The molecule has 0 aliphatic carbocycles. The molecule has 2 N–H and O–H groups in total. The highest BCUT2D eigenvalue weighted by molar-refractivity contribution is 7.46. The summed E-state index contributed by atoms with van der Waals surface area (Å²) in [6, 6.07) is 0. The highest BCUT2D eigenvalue weighted by Gasteiger charge is 2.22. The molecule has 300 valence electrons. The molecule has 1 unspecified atom stereocenters. The second-order valence-electron chi connectivity index (χ2n) is 14.3. The van der Waals surface area contributed by atoms with Crippen molar-refractivity contribution in [3.8, 4) is 0 Å². The van der Waals surface area contributed by atoms with Gasteiger partial charge in [0, 0.05) is 12.8 Å². The Balaban J connectivity index is 3.91. The minimum absolute atomic E-state index is 0.199. The fourth-order valence-corrected chi connectivity index (χ4v) is 6.41. The van der Waals surface area contributed by atoms with Crippen molar-refractivity contribution in [1.82, 2.24) is 0 Å². The SMILES string of the molecule is CCCCCC/C=C\C/C=C\CCCCCCCC(=O)OC(COC(=O)CCCCCCCCCCCCCCCCCCC)COP(=O)(O)O. The van der Waals surface area contributed by atoms with Crippen LogP contribution in [0.3, 0.4) is 0 Å². The topological polar surface area (TPSA) is 119 Å². The molecule has 0 amide bonds. The van der Waals surface area contributed by atoms with Gasteiger partial charge in [0.25, 0.3) is 0 Å². The lowest BCUT2D eigenvalue weighted by Gasteiger charge is -2.18. The maximum absolute atomic E-state index is 12.4. The summed E-state index contributed by atoms with van der Waals surface area (Å²) in [6.07, 6.45) is 43.2. The van der Waals surface area contributed by atoms with E-state index in [4.69, 9.17) is 19.3 Å². The molecule has 1 atom stereocenters. The van der Waals surface area contributed by atoms with Crippen molar-refractivity contribution in [3.63, 3.8) is 0 Å². The van der Waals surface area contributed by atoms with Gasteiger partial charge in [-0.2, -0.15) is 0 Å². The highest BCUT2D eigenvalue weighted by atomic mass is 31.2. The van der Waals surface area contributed by atoms with Gasteiger partial charge < -0.3 is 19.3 Å². The van der Waals surface area contributed by atoms with E-state index < -0.39 is 32.5 Å². The molecule has 0 aliphatic heterocycles. The van der Waals surface area contributed by atoms with Crippen LogP contribution in [0, 0.1) is 0 Å². The first kappa shape index (κ1) is 49.5. The minimum Gasteiger partial charge on any atom is -0.462 e. The highest BCUT2D eigenvalue weighted by Crippen LogP contribution is 2.36. The molecule has 0 aromatic heterocycles. The number of carbonyl (C=O) groups excluding carboxylic acids is 2. The van der Waals surface area contributed by atoms with Crippen LogP contribution in [0.1, 0.15) is 213 Å². The summed E-state index contributed by atoms with van der Waals surface area (Å²) in [5.41, 5.74) is 0.